The second kappa shape index (κ2) is 4.51. The Labute approximate surface area is 66.9 Å². The van der Waals surface area contributed by atoms with Crippen molar-refractivity contribution in [1.82, 2.24) is 0 Å². The molecule has 0 saturated carbocycles. The van der Waals surface area contributed by atoms with Gasteiger partial charge in [-0.2, -0.15) is 0 Å². The molecule has 1 rings (SSSR count). The lowest BCUT2D eigenvalue weighted by molar-refractivity contribution is 0.718. The average molecular weight is 153 g/mol. The van der Waals surface area contributed by atoms with Gasteiger partial charge in [0.2, 0.25) is 0 Å². The predicted octanol–water partition coefficient (Wildman–Crippen LogP) is 3.28. The van der Waals surface area contributed by atoms with Gasteiger partial charge in [-0.25, -0.2) is 0 Å². The monoisotopic (exact) mass is 153 g/mol. The van der Waals surface area contributed by atoms with E-state index in [2.05, 4.69) is 23.8 Å². The Bertz CT molecular complexity index is 153. The molecule has 0 bridgehead atoms. The minimum absolute atomic E-state index is 1.24. The average Bonchev–Trinajstić information content (AvgIpc) is 2.41. The van der Waals surface area contributed by atoms with Gasteiger partial charge in [-0.3, -0.25) is 0 Å². The van der Waals surface area contributed by atoms with Crippen LogP contribution >= 0.6 is 11.3 Å². The summed E-state index contributed by atoms with van der Waals surface area (Å²) >= 11 is 1.67. The van der Waals surface area contributed by atoms with Gasteiger partial charge in [-0.15, -0.1) is 11.3 Å². The lowest BCUT2D eigenvalue weighted by Crippen LogP contribution is -1.80. The van der Waals surface area contributed by atoms with Crippen molar-refractivity contribution in [3.63, 3.8) is 0 Å². The maximum absolute atomic E-state index is 3.10. The number of hydrogen-bond donors (Lipinski definition) is 0. The molecule has 0 amide bonds. The molecule has 0 spiro atoms. The largest absolute Gasteiger partial charge is 0.143 e. The summed E-state index contributed by atoms with van der Waals surface area (Å²) in [6, 6.07) is 2.10. The van der Waals surface area contributed by atoms with Crippen molar-refractivity contribution in [2.24, 2.45) is 0 Å². The fraction of sp³-hybridized carbons (Fsp3) is 0.556. The van der Waals surface area contributed by atoms with E-state index in [1.165, 1.54) is 31.2 Å². The molecule has 0 N–H and O–H groups in total. The lowest BCUT2D eigenvalue weighted by atomic mass is 10.1. The number of aryl methyl sites for hydroxylation is 1. The van der Waals surface area contributed by atoms with Crippen LogP contribution in [0.3, 0.4) is 0 Å². The summed E-state index contributed by atoms with van der Waals surface area (Å²) in [6.07, 6.45) is 5.25. The first-order chi connectivity index (χ1) is 4.93. The number of unbranched alkanes of at least 4 members (excludes halogenated alkanes) is 2. The zero-order valence-corrected chi connectivity index (χ0v) is 7.21. The van der Waals surface area contributed by atoms with E-state index in [0.717, 1.165) is 0 Å². The van der Waals surface area contributed by atoms with Crippen LogP contribution in [0.25, 0.3) is 0 Å². The van der Waals surface area contributed by atoms with E-state index in [1.807, 2.05) is 0 Å². The van der Waals surface area contributed by atoms with Crippen LogP contribution in [-0.4, -0.2) is 0 Å². The number of thiophene rings is 1. The minimum Gasteiger partial charge on any atom is -0.143 e. The Kier molecular flexibility index (Phi) is 3.52. The molecule has 0 atom stereocenters. The fourth-order valence-corrected chi connectivity index (χ4v) is 1.59. The number of rotatable bonds is 4. The van der Waals surface area contributed by atoms with Crippen LogP contribution in [0.2, 0.25) is 0 Å². The van der Waals surface area contributed by atoms with Gasteiger partial charge in [0.25, 0.3) is 0 Å². The minimum atomic E-state index is 1.24. The first-order valence-corrected chi connectivity index (χ1v) is 4.75. The molecule has 0 fully saturated rings. The zero-order chi connectivity index (χ0) is 7.23. The first-order valence-electron chi connectivity index (χ1n) is 3.87. The summed E-state index contributed by atoms with van der Waals surface area (Å²) in [6.45, 7) is 2.24. The summed E-state index contributed by atoms with van der Waals surface area (Å²) < 4.78 is 0. The van der Waals surface area contributed by atoms with Crippen LogP contribution in [0.1, 0.15) is 31.7 Å². The van der Waals surface area contributed by atoms with Crippen molar-refractivity contribution in [3.8, 4) is 0 Å². The van der Waals surface area contributed by atoms with Gasteiger partial charge in [0.05, 0.1) is 0 Å². The molecule has 1 heterocycles. The van der Waals surface area contributed by atoms with Crippen LogP contribution < -0.4 is 0 Å². The molecule has 0 unspecified atom stereocenters. The van der Waals surface area contributed by atoms with Gasteiger partial charge in [0, 0.05) is 5.38 Å². The molecule has 1 heteroatoms. The standard InChI is InChI=1S/C9H13S/c1-2-3-4-5-9-6-7-10-8-9/h6,8H,2-5H2,1H3. The Balaban J connectivity index is 2.15. The van der Waals surface area contributed by atoms with E-state index < -0.39 is 0 Å². The molecule has 0 aliphatic rings. The van der Waals surface area contributed by atoms with Crippen LogP contribution in [0.4, 0.5) is 0 Å². The van der Waals surface area contributed by atoms with Crippen molar-refractivity contribution in [2.45, 2.75) is 32.6 Å². The summed E-state index contributed by atoms with van der Waals surface area (Å²) in [5, 5.41) is 5.29. The maximum atomic E-state index is 3.10. The quantitative estimate of drug-likeness (QED) is 0.582. The van der Waals surface area contributed by atoms with Gasteiger partial charge in [0.1, 0.15) is 0 Å². The molecule has 55 valence electrons. The highest BCUT2D eigenvalue weighted by Gasteiger charge is 1.91. The third kappa shape index (κ3) is 2.53. The van der Waals surface area contributed by atoms with Gasteiger partial charge >= 0.3 is 0 Å². The summed E-state index contributed by atoms with van der Waals surface area (Å²) in [7, 11) is 0. The molecule has 0 nitrogen and oxygen atoms in total. The molecule has 0 aromatic carbocycles. The third-order valence-corrected chi connectivity index (χ3v) is 2.27. The SMILES string of the molecule is CCCCCc1c[c]sc1. The van der Waals surface area contributed by atoms with Crippen LogP contribution in [0.15, 0.2) is 11.4 Å². The van der Waals surface area contributed by atoms with Crippen molar-refractivity contribution < 1.29 is 0 Å². The van der Waals surface area contributed by atoms with Crippen LogP contribution in [0, 0.1) is 5.38 Å². The van der Waals surface area contributed by atoms with Gasteiger partial charge in [0.15, 0.2) is 0 Å². The van der Waals surface area contributed by atoms with Crippen molar-refractivity contribution in [3.05, 3.63) is 22.4 Å². The van der Waals surface area contributed by atoms with Crippen LogP contribution in [-0.2, 0) is 6.42 Å². The first kappa shape index (κ1) is 7.80. The molecule has 10 heavy (non-hydrogen) atoms. The second-order valence-electron chi connectivity index (χ2n) is 2.53. The van der Waals surface area contributed by atoms with E-state index in [9.17, 15) is 0 Å². The Hall–Kier alpha value is -0.300. The predicted molar refractivity (Wildman–Crippen MR) is 46.4 cm³/mol. The van der Waals surface area contributed by atoms with Gasteiger partial charge < -0.3 is 0 Å². The normalized spacial score (nSPS) is 10.1. The van der Waals surface area contributed by atoms with E-state index in [-0.39, 0.29) is 0 Å². The topological polar surface area (TPSA) is 0 Å². The second-order valence-corrected chi connectivity index (χ2v) is 3.24. The molecule has 1 aromatic heterocycles. The molecular weight excluding hydrogens is 140 g/mol. The molecule has 0 saturated heterocycles. The van der Waals surface area contributed by atoms with Crippen molar-refractivity contribution >= 4 is 11.3 Å². The molecule has 1 radical (unpaired) electrons. The maximum Gasteiger partial charge on any atom is 0.0445 e. The third-order valence-electron chi connectivity index (χ3n) is 1.59. The van der Waals surface area contributed by atoms with E-state index in [1.54, 1.807) is 11.3 Å². The van der Waals surface area contributed by atoms with Crippen molar-refractivity contribution in [2.75, 3.05) is 0 Å². The molecular formula is C9H13S. The Morgan fingerprint density at radius 1 is 1.50 bits per heavy atom. The smallest absolute Gasteiger partial charge is 0.0445 e. The van der Waals surface area contributed by atoms with Gasteiger partial charge in [-0.05, 0) is 29.9 Å². The lowest BCUT2D eigenvalue weighted by Gasteiger charge is -1.93. The van der Waals surface area contributed by atoms with Crippen LogP contribution in [0.5, 0.6) is 0 Å². The molecule has 0 aliphatic heterocycles. The Morgan fingerprint density at radius 2 is 2.40 bits per heavy atom. The summed E-state index contributed by atoms with van der Waals surface area (Å²) in [5.41, 5.74) is 1.46. The van der Waals surface area contributed by atoms with Crippen molar-refractivity contribution in [1.29, 1.82) is 0 Å². The molecule has 0 aliphatic carbocycles. The van der Waals surface area contributed by atoms with E-state index >= 15 is 0 Å². The molecule has 1 aromatic rings. The Morgan fingerprint density at radius 3 is 3.00 bits per heavy atom. The van der Waals surface area contributed by atoms with E-state index in [4.69, 9.17) is 0 Å². The highest BCUT2D eigenvalue weighted by atomic mass is 32.1. The summed E-state index contributed by atoms with van der Waals surface area (Å²) in [4.78, 5) is 0. The fourth-order valence-electron chi connectivity index (χ4n) is 0.964. The van der Waals surface area contributed by atoms with Gasteiger partial charge in [-0.1, -0.05) is 19.8 Å². The highest BCUT2D eigenvalue weighted by molar-refractivity contribution is 7.07. The number of hydrogen-bond acceptors (Lipinski definition) is 1. The zero-order valence-electron chi connectivity index (χ0n) is 6.39. The summed E-state index contributed by atoms with van der Waals surface area (Å²) in [5.74, 6) is 0. The van der Waals surface area contributed by atoms with E-state index in [0.29, 0.717) is 0 Å². The highest BCUT2D eigenvalue weighted by Crippen LogP contribution is 2.09.